The summed E-state index contributed by atoms with van der Waals surface area (Å²) in [6, 6.07) is 14.5. The number of unbranched alkanes of at least 4 members (excludes halogenated alkanes) is 2. The number of thioether (sulfide) groups is 1. The van der Waals surface area contributed by atoms with Crippen LogP contribution in [0.4, 0.5) is 4.39 Å². The highest BCUT2D eigenvalue weighted by atomic mass is 32.2. The molecule has 0 atom stereocenters. The molecule has 0 spiro atoms. The van der Waals surface area contributed by atoms with Gasteiger partial charge in [-0.3, -0.25) is 4.79 Å². The van der Waals surface area contributed by atoms with Crippen LogP contribution in [-0.2, 0) is 11.3 Å². The summed E-state index contributed by atoms with van der Waals surface area (Å²) < 4.78 is 15.4. The molecule has 172 valence electrons. The molecule has 0 fully saturated rings. The molecule has 0 saturated carbocycles. The first kappa shape index (κ1) is 23.2. The van der Waals surface area contributed by atoms with E-state index < -0.39 is 0 Å². The topological polar surface area (TPSA) is 72.7 Å². The number of halogens is 1. The zero-order chi connectivity index (χ0) is 23.0. The molecule has 0 aliphatic heterocycles. The SMILES string of the molecule is CCCCCNC(=O)CCCSc1nnc2c3ccccc3n(Cc3ccc(F)cc3)c2n1. The highest BCUT2D eigenvalue weighted by Crippen LogP contribution is 2.28. The molecule has 1 amide bonds. The number of aromatic nitrogens is 4. The molecular formula is C25H28FN5OS. The number of para-hydroxylation sites is 1. The monoisotopic (exact) mass is 465 g/mol. The molecule has 0 aliphatic rings. The van der Waals surface area contributed by atoms with Crippen molar-refractivity contribution in [1.29, 1.82) is 0 Å². The van der Waals surface area contributed by atoms with Crippen molar-refractivity contribution in [2.45, 2.75) is 50.7 Å². The van der Waals surface area contributed by atoms with Gasteiger partial charge < -0.3 is 9.88 Å². The largest absolute Gasteiger partial charge is 0.356 e. The average molecular weight is 466 g/mol. The molecular weight excluding hydrogens is 437 g/mol. The number of carbonyl (C=O) groups is 1. The number of nitrogens with zero attached hydrogens (tertiary/aromatic N) is 4. The Bertz CT molecular complexity index is 1220. The summed E-state index contributed by atoms with van der Waals surface area (Å²) >= 11 is 1.51. The van der Waals surface area contributed by atoms with Gasteiger partial charge in [0, 0.05) is 30.6 Å². The van der Waals surface area contributed by atoms with Gasteiger partial charge in [-0.15, -0.1) is 10.2 Å². The highest BCUT2D eigenvalue weighted by Gasteiger charge is 2.15. The van der Waals surface area contributed by atoms with Crippen LogP contribution >= 0.6 is 11.8 Å². The molecule has 1 N–H and O–H groups in total. The molecule has 33 heavy (non-hydrogen) atoms. The van der Waals surface area contributed by atoms with E-state index in [0.717, 1.165) is 65.6 Å². The van der Waals surface area contributed by atoms with Crippen LogP contribution in [0.25, 0.3) is 22.1 Å². The second-order valence-electron chi connectivity index (χ2n) is 8.01. The van der Waals surface area contributed by atoms with Crippen LogP contribution in [0.2, 0.25) is 0 Å². The van der Waals surface area contributed by atoms with E-state index in [0.29, 0.717) is 18.1 Å². The van der Waals surface area contributed by atoms with Crippen molar-refractivity contribution in [1.82, 2.24) is 25.1 Å². The molecule has 6 nitrogen and oxygen atoms in total. The van der Waals surface area contributed by atoms with Crippen molar-refractivity contribution < 1.29 is 9.18 Å². The lowest BCUT2D eigenvalue weighted by molar-refractivity contribution is -0.121. The van der Waals surface area contributed by atoms with Gasteiger partial charge >= 0.3 is 0 Å². The van der Waals surface area contributed by atoms with Gasteiger partial charge in [0.05, 0.1) is 5.52 Å². The maximum Gasteiger partial charge on any atom is 0.220 e. The van der Waals surface area contributed by atoms with Gasteiger partial charge in [-0.2, -0.15) is 0 Å². The van der Waals surface area contributed by atoms with E-state index in [4.69, 9.17) is 4.98 Å². The Kier molecular flexibility index (Phi) is 7.88. The first-order valence-corrected chi connectivity index (χ1v) is 12.4. The first-order valence-electron chi connectivity index (χ1n) is 11.4. The third kappa shape index (κ3) is 5.87. The third-order valence-corrected chi connectivity index (χ3v) is 6.41. The second kappa shape index (κ2) is 11.2. The van der Waals surface area contributed by atoms with Gasteiger partial charge in [-0.05, 0) is 36.6 Å². The Balaban J connectivity index is 1.45. The minimum Gasteiger partial charge on any atom is -0.356 e. The quantitative estimate of drug-likeness (QED) is 0.239. The zero-order valence-electron chi connectivity index (χ0n) is 18.8. The van der Waals surface area contributed by atoms with Crippen LogP contribution in [0.3, 0.4) is 0 Å². The molecule has 0 bridgehead atoms. The predicted molar refractivity (Wildman–Crippen MR) is 131 cm³/mol. The van der Waals surface area contributed by atoms with Gasteiger partial charge in [-0.1, -0.05) is 61.9 Å². The smallest absolute Gasteiger partial charge is 0.220 e. The minimum atomic E-state index is -0.252. The zero-order valence-corrected chi connectivity index (χ0v) is 19.6. The van der Waals surface area contributed by atoms with Crippen molar-refractivity contribution in [3.63, 3.8) is 0 Å². The van der Waals surface area contributed by atoms with E-state index in [-0.39, 0.29) is 11.7 Å². The Labute approximate surface area is 197 Å². The van der Waals surface area contributed by atoms with Crippen LogP contribution in [-0.4, -0.2) is 38.0 Å². The van der Waals surface area contributed by atoms with E-state index in [2.05, 4.69) is 27.0 Å². The van der Waals surface area contributed by atoms with Gasteiger partial charge in [-0.25, -0.2) is 9.37 Å². The Morgan fingerprint density at radius 2 is 1.88 bits per heavy atom. The van der Waals surface area contributed by atoms with Crippen molar-refractivity contribution in [2.75, 3.05) is 12.3 Å². The molecule has 4 aromatic rings. The van der Waals surface area contributed by atoms with Gasteiger partial charge in [0.25, 0.3) is 0 Å². The molecule has 2 aromatic heterocycles. The molecule has 2 aromatic carbocycles. The molecule has 0 radical (unpaired) electrons. The molecule has 0 saturated heterocycles. The van der Waals surface area contributed by atoms with E-state index in [1.807, 2.05) is 24.3 Å². The van der Waals surface area contributed by atoms with Crippen LogP contribution in [0.1, 0.15) is 44.6 Å². The van der Waals surface area contributed by atoms with Crippen molar-refractivity contribution in [3.05, 3.63) is 59.9 Å². The van der Waals surface area contributed by atoms with E-state index >= 15 is 0 Å². The minimum absolute atomic E-state index is 0.0978. The highest BCUT2D eigenvalue weighted by molar-refractivity contribution is 7.99. The fourth-order valence-corrected chi connectivity index (χ4v) is 4.49. The molecule has 0 unspecified atom stereocenters. The number of carbonyl (C=O) groups excluding carboxylic acids is 1. The summed E-state index contributed by atoms with van der Waals surface area (Å²) in [7, 11) is 0. The maximum absolute atomic E-state index is 13.3. The van der Waals surface area contributed by atoms with Gasteiger partial charge in [0.2, 0.25) is 11.1 Å². The fourth-order valence-electron chi connectivity index (χ4n) is 3.77. The van der Waals surface area contributed by atoms with E-state index in [1.165, 1.54) is 23.9 Å². The number of hydrogen-bond donors (Lipinski definition) is 1. The molecule has 0 aliphatic carbocycles. The number of benzene rings is 2. The second-order valence-corrected chi connectivity index (χ2v) is 9.07. The normalized spacial score (nSPS) is 11.3. The number of fused-ring (bicyclic) bond motifs is 3. The molecule has 8 heteroatoms. The summed E-state index contributed by atoms with van der Waals surface area (Å²) in [6.45, 7) is 3.46. The van der Waals surface area contributed by atoms with Crippen LogP contribution in [0.5, 0.6) is 0 Å². The Morgan fingerprint density at radius 1 is 1.06 bits per heavy atom. The standard InChI is InChI=1S/C25H28FN5OS/c1-2-3-6-15-27-22(32)10-7-16-33-25-28-24-23(29-30-25)20-8-4-5-9-21(20)31(24)17-18-11-13-19(26)14-12-18/h4-5,8-9,11-14H,2-3,6-7,10,15-17H2,1H3,(H,27,32). The molecule has 4 rings (SSSR count). The Hall–Kier alpha value is -3.00. The van der Waals surface area contributed by atoms with E-state index in [1.54, 1.807) is 12.1 Å². The van der Waals surface area contributed by atoms with Gasteiger partial charge in [0.1, 0.15) is 11.3 Å². The summed E-state index contributed by atoms with van der Waals surface area (Å²) in [6.07, 6.45) is 4.57. The summed E-state index contributed by atoms with van der Waals surface area (Å²) in [4.78, 5) is 16.7. The summed E-state index contributed by atoms with van der Waals surface area (Å²) in [5.41, 5.74) is 3.51. The van der Waals surface area contributed by atoms with Crippen LogP contribution in [0, 0.1) is 5.82 Å². The van der Waals surface area contributed by atoms with Crippen molar-refractivity contribution in [2.24, 2.45) is 0 Å². The lowest BCUT2D eigenvalue weighted by Crippen LogP contribution is -2.24. The van der Waals surface area contributed by atoms with E-state index in [9.17, 15) is 9.18 Å². The summed E-state index contributed by atoms with van der Waals surface area (Å²) in [5.74, 6) is 0.590. The number of rotatable bonds is 11. The Morgan fingerprint density at radius 3 is 2.70 bits per heavy atom. The number of hydrogen-bond acceptors (Lipinski definition) is 5. The van der Waals surface area contributed by atoms with Crippen LogP contribution < -0.4 is 5.32 Å². The van der Waals surface area contributed by atoms with Crippen molar-refractivity contribution >= 4 is 39.7 Å². The lowest BCUT2D eigenvalue weighted by atomic mass is 10.2. The lowest BCUT2D eigenvalue weighted by Gasteiger charge is -2.07. The summed E-state index contributed by atoms with van der Waals surface area (Å²) in [5, 5.41) is 13.3. The third-order valence-electron chi connectivity index (χ3n) is 5.49. The maximum atomic E-state index is 13.3. The van der Waals surface area contributed by atoms with Crippen LogP contribution in [0.15, 0.2) is 53.7 Å². The average Bonchev–Trinajstić information content (AvgIpc) is 3.14. The van der Waals surface area contributed by atoms with Gasteiger partial charge in [0.15, 0.2) is 5.65 Å². The molecule has 2 heterocycles. The first-order chi connectivity index (χ1) is 16.2. The fraction of sp³-hybridized carbons (Fsp3) is 0.360. The number of amides is 1. The van der Waals surface area contributed by atoms with Crippen molar-refractivity contribution in [3.8, 4) is 0 Å². The predicted octanol–water partition coefficient (Wildman–Crippen LogP) is 5.35. The number of nitrogens with one attached hydrogen (secondary N) is 1.